The van der Waals surface area contributed by atoms with E-state index in [0.29, 0.717) is 23.0 Å². The molecule has 1 aromatic heterocycles. The van der Waals surface area contributed by atoms with E-state index >= 15 is 0 Å². The number of rotatable bonds is 4. The third-order valence-corrected chi connectivity index (χ3v) is 4.46. The van der Waals surface area contributed by atoms with Crippen molar-refractivity contribution in [3.63, 3.8) is 0 Å². The molecule has 2 aromatic carbocycles. The molecule has 2 heterocycles. The van der Waals surface area contributed by atoms with E-state index in [1.807, 2.05) is 53.4 Å². The predicted octanol–water partition coefficient (Wildman–Crippen LogP) is 4.25. The van der Waals surface area contributed by atoms with Gasteiger partial charge in [-0.15, -0.1) is 0 Å². The maximum absolute atomic E-state index is 8.76. The van der Waals surface area contributed by atoms with E-state index in [2.05, 4.69) is 5.32 Å². The van der Waals surface area contributed by atoms with Crippen molar-refractivity contribution in [1.82, 2.24) is 0 Å². The number of hydrogen-bond donors (Lipinski definition) is 2. The maximum Gasteiger partial charge on any atom is 0.205 e. The van der Waals surface area contributed by atoms with E-state index in [0.717, 1.165) is 17.0 Å². The van der Waals surface area contributed by atoms with Crippen LogP contribution in [0.1, 0.15) is 17.3 Å². The lowest BCUT2D eigenvalue weighted by atomic mass is 10.1. The lowest BCUT2D eigenvalue weighted by Crippen LogP contribution is -2.42. The molecule has 0 bridgehead atoms. The number of fused-ring (bicyclic) bond motifs is 1. The monoisotopic (exact) mass is 349 g/mol. The summed E-state index contributed by atoms with van der Waals surface area (Å²) in [4.78, 5) is 1.90. The Bertz CT molecular complexity index is 933. The number of nitrogens with zero attached hydrogens (tertiary/aromatic N) is 1. The largest absolute Gasteiger partial charge is 0.497 e. The Morgan fingerprint density at radius 2 is 1.77 bits per heavy atom. The molecule has 0 radical (unpaired) electrons. The zero-order valence-electron chi connectivity index (χ0n) is 14.5. The first-order valence-corrected chi connectivity index (χ1v) is 8.22. The van der Waals surface area contributed by atoms with Crippen molar-refractivity contribution >= 4 is 17.4 Å². The fourth-order valence-corrected chi connectivity index (χ4v) is 3.16. The molecule has 6 nitrogen and oxygen atoms in total. The van der Waals surface area contributed by atoms with Gasteiger partial charge in [-0.1, -0.05) is 24.3 Å². The maximum atomic E-state index is 8.76. The SMILES string of the molecule is COc1ccc(C2Nc3occc3C(=N)N2c2ccccc2OC)cc1. The molecule has 132 valence electrons. The average Bonchev–Trinajstić information content (AvgIpc) is 3.17. The summed E-state index contributed by atoms with van der Waals surface area (Å²) in [5, 5.41) is 12.1. The van der Waals surface area contributed by atoms with E-state index in [1.54, 1.807) is 26.5 Å². The summed E-state index contributed by atoms with van der Waals surface area (Å²) in [6.07, 6.45) is 1.27. The Hall–Kier alpha value is -3.41. The van der Waals surface area contributed by atoms with Crippen LogP contribution in [-0.2, 0) is 0 Å². The Balaban J connectivity index is 1.84. The van der Waals surface area contributed by atoms with Crippen molar-refractivity contribution < 1.29 is 13.9 Å². The predicted molar refractivity (Wildman–Crippen MR) is 100 cm³/mol. The number of furan rings is 1. The zero-order valence-corrected chi connectivity index (χ0v) is 14.5. The molecule has 1 aliphatic rings. The van der Waals surface area contributed by atoms with Gasteiger partial charge in [0, 0.05) is 0 Å². The van der Waals surface area contributed by atoms with Crippen molar-refractivity contribution in [1.29, 1.82) is 5.41 Å². The molecule has 0 fully saturated rings. The molecule has 0 amide bonds. The molecule has 26 heavy (non-hydrogen) atoms. The summed E-state index contributed by atoms with van der Waals surface area (Å²) in [7, 11) is 3.27. The van der Waals surface area contributed by atoms with E-state index < -0.39 is 0 Å². The molecular formula is C20H19N3O3. The van der Waals surface area contributed by atoms with Gasteiger partial charge in [0.2, 0.25) is 5.88 Å². The van der Waals surface area contributed by atoms with Crippen LogP contribution in [0.3, 0.4) is 0 Å². The standard InChI is InChI=1S/C20H19N3O3/c1-24-14-9-7-13(8-10-14)19-22-20-15(11-12-26-20)18(21)23(19)16-5-3-4-6-17(16)25-2/h3-12,19,21-22H,1-2H3. The van der Waals surface area contributed by atoms with Gasteiger partial charge in [-0.3, -0.25) is 10.3 Å². The Morgan fingerprint density at radius 1 is 1.00 bits per heavy atom. The minimum Gasteiger partial charge on any atom is -0.497 e. The summed E-state index contributed by atoms with van der Waals surface area (Å²) in [6.45, 7) is 0. The smallest absolute Gasteiger partial charge is 0.205 e. The minimum atomic E-state index is -0.316. The first kappa shape index (κ1) is 16.1. The van der Waals surface area contributed by atoms with Crippen LogP contribution in [0.15, 0.2) is 65.3 Å². The van der Waals surface area contributed by atoms with Crippen molar-refractivity contribution in [2.24, 2.45) is 0 Å². The van der Waals surface area contributed by atoms with Crippen LogP contribution in [0.25, 0.3) is 0 Å². The van der Waals surface area contributed by atoms with Crippen molar-refractivity contribution in [3.05, 3.63) is 72.0 Å². The molecule has 0 aliphatic carbocycles. The lowest BCUT2D eigenvalue weighted by Gasteiger charge is -2.38. The molecule has 0 saturated carbocycles. The van der Waals surface area contributed by atoms with Crippen LogP contribution in [0.2, 0.25) is 0 Å². The molecule has 1 unspecified atom stereocenters. The Kier molecular flexibility index (Phi) is 4.01. The van der Waals surface area contributed by atoms with Gasteiger partial charge < -0.3 is 19.2 Å². The van der Waals surface area contributed by atoms with Crippen LogP contribution in [-0.4, -0.2) is 20.1 Å². The van der Waals surface area contributed by atoms with E-state index in [4.69, 9.17) is 19.3 Å². The zero-order chi connectivity index (χ0) is 18.1. The summed E-state index contributed by atoms with van der Waals surface area (Å²) in [5.41, 5.74) is 2.49. The second-order valence-corrected chi connectivity index (χ2v) is 5.87. The number of para-hydroxylation sites is 2. The van der Waals surface area contributed by atoms with Crippen molar-refractivity contribution in [3.8, 4) is 11.5 Å². The number of ether oxygens (including phenoxy) is 2. The molecule has 6 heteroatoms. The number of amidine groups is 1. The summed E-state index contributed by atoms with van der Waals surface area (Å²) in [6, 6.07) is 17.2. The minimum absolute atomic E-state index is 0.316. The van der Waals surface area contributed by atoms with E-state index in [-0.39, 0.29) is 6.17 Å². The van der Waals surface area contributed by atoms with Crippen molar-refractivity contribution in [2.75, 3.05) is 24.4 Å². The Morgan fingerprint density at radius 3 is 2.50 bits per heavy atom. The van der Waals surface area contributed by atoms with Gasteiger partial charge in [0.05, 0.1) is 31.7 Å². The van der Waals surface area contributed by atoms with Crippen molar-refractivity contribution in [2.45, 2.75) is 6.17 Å². The number of benzene rings is 2. The highest BCUT2D eigenvalue weighted by Gasteiger charge is 2.34. The third-order valence-electron chi connectivity index (χ3n) is 4.46. The second-order valence-electron chi connectivity index (χ2n) is 5.87. The number of methoxy groups -OCH3 is 2. The molecule has 0 saturated heterocycles. The number of anilines is 2. The van der Waals surface area contributed by atoms with Crippen LogP contribution >= 0.6 is 0 Å². The molecule has 0 spiro atoms. The van der Waals surface area contributed by atoms with Gasteiger partial charge >= 0.3 is 0 Å². The van der Waals surface area contributed by atoms with Crippen LogP contribution in [0.4, 0.5) is 11.6 Å². The number of nitrogens with one attached hydrogen (secondary N) is 2. The fourth-order valence-electron chi connectivity index (χ4n) is 3.16. The van der Waals surface area contributed by atoms with Gasteiger partial charge in [0.1, 0.15) is 23.5 Å². The highest BCUT2D eigenvalue weighted by molar-refractivity contribution is 6.13. The quantitative estimate of drug-likeness (QED) is 0.737. The van der Waals surface area contributed by atoms with Gasteiger partial charge in [-0.05, 0) is 35.9 Å². The van der Waals surface area contributed by atoms with Crippen LogP contribution < -0.4 is 19.7 Å². The summed E-state index contributed by atoms with van der Waals surface area (Å²) < 4.78 is 16.3. The van der Waals surface area contributed by atoms with Gasteiger partial charge in [-0.2, -0.15) is 0 Å². The summed E-state index contributed by atoms with van der Waals surface area (Å²) in [5.74, 6) is 2.41. The average molecular weight is 349 g/mol. The summed E-state index contributed by atoms with van der Waals surface area (Å²) >= 11 is 0. The Labute approximate surface area is 151 Å². The van der Waals surface area contributed by atoms with E-state index in [1.165, 1.54) is 0 Å². The highest BCUT2D eigenvalue weighted by Crippen LogP contribution is 2.40. The highest BCUT2D eigenvalue weighted by atomic mass is 16.5. The third kappa shape index (κ3) is 2.56. The molecule has 4 rings (SSSR count). The van der Waals surface area contributed by atoms with E-state index in [9.17, 15) is 0 Å². The molecular weight excluding hydrogens is 330 g/mol. The second kappa shape index (κ2) is 6.48. The molecule has 1 atom stereocenters. The van der Waals surface area contributed by atoms with Crippen LogP contribution in [0.5, 0.6) is 11.5 Å². The lowest BCUT2D eigenvalue weighted by molar-refractivity contribution is 0.413. The first-order chi connectivity index (χ1) is 12.7. The normalized spacial score (nSPS) is 16.0. The topological polar surface area (TPSA) is 70.7 Å². The first-order valence-electron chi connectivity index (χ1n) is 8.22. The van der Waals surface area contributed by atoms with Crippen LogP contribution in [0, 0.1) is 5.41 Å². The molecule has 3 aromatic rings. The van der Waals surface area contributed by atoms with Gasteiger partial charge in [0.25, 0.3) is 0 Å². The van der Waals surface area contributed by atoms with Gasteiger partial charge in [-0.25, -0.2) is 0 Å². The molecule has 2 N–H and O–H groups in total. The fraction of sp³-hybridized carbons (Fsp3) is 0.150. The molecule has 1 aliphatic heterocycles. The van der Waals surface area contributed by atoms with Gasteiger partial charge in [0.15, 0.2) is 0 Å². The number of hydrogen-bond acceptors (Lipinski definition) is 5.